The monoisotopic (exact) mass is 517 g/mol. The Hall–Kier alpha value is -3.89. The fourth-order valence-corrected chi connectivity index (χ4v) is 5.55. The van der Waals surface area contributed by atoms with Gasteiger partial charge in [-0.25, -0.2) is 22.0 Å². The zero-order valence-corrected chi connectivity index (χ0v) is 19.9. The predicted molar refractivity (Wildman–Crippen MR) is 120 cm³/mol. The predicted octanol–water partition coefficient (Wildman–Crippen LogP) is 1.14. The number of halogens is 2. The maximum Gasteiger partial charge on any atom is 0.325 e. The third-order valence-electron chi connectivity index (χ3n) is 6.28. The number of nitriles is 1. The summed E-state index contributed by atoms with van der Waals surface area (Å²) in [5.41, 5.74) is -0.578. The average molecular weight is 518 g/mol. The van der Waals surface area contributed by atoms with Crippen molar-refractivity contribution in [2.45, 2.75) is 17.4 Å². The van der Waals surface area contributed by atoms with Gasteiger partial charge in [-0.2, -0.15) is 9.57 Å². The largest absolute Gasteiger partial charge is 0.338 e. The third-order valence-corrected chi connectivity index (χ3v) is 8.17. The van der Waals surface area contributed by atoms with Gasteiger partial charge < -0.3 is 10.2 Å². The van der Waals surface area contributed by atoms with Gasteiger partial charge in [-0.3, -0.25) is 14.5 Å². The van der Waals surface area contributed by atoms with Gasteiger partial charge in [0.15, 0.2) is 11.6 Å². The minimum atomic E-state index is -4.10. The number of benzene rings is 2. The molecule has 4 rings (SSSR count). The van der Waals surface area contributed by atoms with E-state index < -0.39 is 56.5 Å². The Morgan fingerprint density at radius 3 is 2.28 bits per heavy atom. The summed E-state index contributed by atoms with van der Waals surface area (Å²) in [5.74, 6) is -3.64. The van der Waals surface area contributed by atoms with Crippen LogP contribution in [0.1, 0.15) is 18.1 Å². The molecule has 1 atom stereocenters. The summed E-state index contributed by atoms with van der Waals surface area (Å²) >= 11 is 0. The summed E-state index contributed by atoms with van der Waals surface area (Å²) in [6.07, 6.45) is 0. The van der Waals surface area contributed by atoms with Crippen molar-refractivity contribution >= 4 is 27.9 Å². The Balaban J connectivity index is 1.40. The first-order valence-electron chi connectivity index (χ1n) is 10.8. The lowest BCUT2D eigenvalue weighted by atomic mass is 9.91. The molecule has 2 aliphatic rings. The minimum Gasteiger partial charge on any atom is -0.338 e. The normalized spacial score (nSPS) is 20.8. The summed E-state index contributed by atoms with van der Waals surface area (Å²) in [7, 11) is -4.10. The molecule has 0 radical (unpaired) electrons. The summed E-state index contributed by atoms with van der Waals surface area (Å²) in [6, 6.07) is 9.65. The fourth-order valence-electron chi connectivity index (χ4n) is 4.11. The zero-order chi connectivity index (χ0) is 26.3. The second-order valence-corrected chi connectivity index (χ2v) is 10.4. The molecule has 0 aromatic heterocycles. The van der Waals surface area contributed by atoms with Crippen molar-refractivity contribution in [3.8, 4) is 6.07 Å². The maximum atomic E-state index is 13.5. The molecule has 2 saturated heterocycles. The number of nitrogens with one attached hydrogen (secondary N) is 1. The number of sulfonamides is 1. The second-order valence-electron chi connectivity index (χ2n) is 8.50. The van der Waals surface area contributed by atoms with Crippen molar-refractivity contribution in [2.75, 3.05) is 32.7 Å². The highest BCUT2D eigenvalue weighted by molar-refractivity contribution is 7.89. The quantitative estimate of drug-likeness (QED) is 0.592. The summed E-state index contributed by atoms with van der Waals surface area (Å²) < 4.78 is 53.2. The number of carbonyl (C=O) groups excluding carboxylic acids is 3. The average Bonchev–Trinajstić information content (AvgIpc) is 3.09. The van der Waals surface area contributed by atoms with Gasteiger partial charge in [-0.15, -0.1) is 0 Å². The summed E-state index contributed by atoms with van der Waals surface area (Å²) in [4.78, 5) is 40.2. The van der Waals surface area contributed by atoms with Crippen LogP contribution in [-0.4, -0.2) is 73.1 Å². The van der Waals surface area contributed by atoms with E-state index in [4.69, 9.17) is 5.26 Å². The van der Waals surface area contributed by atoms with Gasteiger partial charge in [0.1, 0.15) is 12.1 Å². The van der Waals surface area contributed by atoms with E-state index in [1.807, 2.05) is 6.07 Å². The van der Waals surface area contributed by atoms with Crippen LogP contribution < -0.4 is 5.32 Å². The van der Waals surface area contributed by atoms with E-state index >= 15 is 0 Å². The Morgan fingerprint density at radius 2 is 1.69 bits per heavy atom. The Bertz CT molecular complexity index is 1380. The number of piperazine rings is 1. The van der Waals surface area contributed by atoms with Gasteiger partial charge in [-0.05, 0) is 42.8 Å². The van der Waals surface area contributed by atoms with E-state index in [2.05, 4.69) is 5.32 Å². The van der Waals surface area contributed by atoms with E-state index in [0.29, 0.717) is 17.2 Å². The standard InChI is InChI=1S/C23H21F2N5O5S/c1-23(16-4-2-15(13-26)3-5-16)21(32)30(22(33)27-23)14-20(31)28-8-10-29(11-9-28)36(34,35)17-6-7-18(24)19(25)12-17/h2-7,12H,8-11,14H2,1H3,(H,27,33)/t23-/m0/s1. The number of nitrogens with zero attached hydrogens (tertiary/aromatic N) is 4. The third kappa shape index (κ3) is 4.40. The zero-order valence-electron chi connectivity index (χ0n) is 19.1. The molecule has 0 aliphatic carbocycles. The van der Waals surface area contributed by atoms with E-state index in [9.17, 15) is 31.6 Å². The molecule has 1 N–H and O–H groups in total. The van der Waals surface area contributed by atoms with Gasteiger partial charge in [0, 0.05) is 26.2 Å². The molecule has 0 spiro atoms. The van der Waals surface area contributed by atoms with Crippen molar-refractivity contribution in [3.05, 3.63) is 65.2 Å². The molecular formula is C23H21F2N5O5S. The highest BCUT2D eigenvalue weighted by atomic mass is 32.2. The summed E-state index contributed by atoms with van der Waals surface area (Å²) in [6.45, 7) is 0.733. The highest BCUT2D eigenvalue weighted by Crippen LogP contribution is 2.29. The number of imide groups is 1. The van der Waals surface area contributed by atoms with Crippen molar-refractivity contribution in [2.24, 2.45) is 0 Å². The fraction of sp³-hybridized carbons (Fsp3) is 0.304. The van der Waals surface area contributed by atoms with Crippen molar-refractivity contribution in [1.82, 2.24) is 19.4 Å². The van der Waals surface area contributed by atoms with Crippen LogP contribution in [0.2, 0.25) is 0 Å². The van der Waals surface area contributed by atoms with Crippen molar-refractivity contribution < 1.29 is 31.6 Å². The van der Waals surface area contributed by atoms with E-state index in [1.165, 1.54) is 24.0 Å². The van der Waals surface area contributed by atoms with Crippen LogP contribution in [0.25, 0.3) is 0 Å². The number of urea groups is 1. The van der Waals surface area contributed by atoms with E-state index in [-0.39, 0.29) is 26.2 Å². The van der Waals surface area contributed by atoms with Gasteiger partial charge in [-0.1, -0.05) is 12.1 Å². The maximum absolute atomic E-state index is 13.5. The van der Waals surface area contributed by atoms with Crippen molar-refractivity contribution in [3.63, 3.8) is 0 Å². The SMILES string of the molecule is C[C@@]1(c2ccc(C#N)cc2)NC(=O)N(CC(=O)N2CCN(S(=O)(=O)c3ccc(F)c(F)c3)CC2)C1=O. The topological polar surface area (TPSA) is 131 Å². The first-order valence-corrected chi connectivity index (χ1v) is 12.3. The lowest BCUT2D eigenvalue weighted by molar-refractivity contribution is -0.139. The molecule has 0 unspecified atom stereocenters. The van der Waals surface area contributed by atoms with Crippen LogP contribution in [-0.2, 0) is 25.2 Å². The molecule has 188 valence electrons. The molecule has 2 heterocycles. The van der Waals surface area contributed by atoms with Crippen LogP contribution in [0.5, 0.6) is 0 Å². The van der Waals surface area contributed by atoms with Crippen molar-refractivity contribution in [1.29, 1.82) is 5.26 Å². The van der Waals surface area contributed by atoms with Crippen LogP contribution in [0.3, 0.4) is 0 Å². The van der Waals surface area contributed by atoms with Crippen LogP contribution in [0.4, 0.5) is 13.6 Å². The number of hydrogen-bond acceptors (Lipinski definition) is 6. The van der Waals surface area contributed by atoms with Gasteiger partial charge in [0.05, 0.1) is 16.5 Å². The molecular weight excluding hydrogens is 496 g/mol. The number of carbonyl (C=O) groups is 3. The Kier molecular flexibility index (Phi) is 6.50. The molecule has 4 amide bonds. The lowest BCUT2D eigenvalue weighted by Crippen LogP contribution is -2.53. The molecule has 10 nitrogen and oxygen atoms in total. The molecule has 13 heteroatoms. The second kappa shape index (κ2) is 9.29. The van der Waals surface area contributed by atoms with Gasteiger partial charge >= 0.3 is 6.03 Å². The van der Waals surface area contributed by atoms with E-state index in [0.717, 1.165) is 21.3 Å². The molecule has 0 bridgehead atoms. The molecule has 2 fully saturated rings. The Morgan fingerprint density at radius 1 is 1.06 bits per heavy atom. The minimum absolute atomic E-state index is 0.0156. The van der Waals surface area contributed by atoms with Crippen LogP contribution in [0.15, 0.2) is 47.4 Å². The van der Waals surface area contributed by atoms with Gasteiger partial charge in [0.2, 0.25) is 15.9 Å². The van der Waals surface area contributed by atoms with Gasteiger partial charge in [0.25, 0.3) is 5.91 Å². The smallest absolute Gasteiger partial charge is 0.325 e. The first-order chi connectivity index (χ1) is 17.0. The van der Waals surface area contributed by atoms with E-state index in [1.54, 1.807) is 12.1 Å². The van der Waals surface area contributed by atoms with Crippen LogP contribution in [0, 0.1) is 23.0 Å². The first kappa shape index (κ1) is 25.2. The Labute approximate surface area is 205 Å². The molecule has 2 aromatic carbocycles. The number of hydrogen-bond donors (Lipinski definition) is 1. The number of rotatable bonds is 5. The number of amides is 4. The lowest BCUT2D eigenvalue weighted by Gasteiger charge is -2.34. The molecule has 36 heavy (non-hydrogen) atoms. The highest BCUT2D eigenvalue weighted by Gasteiger charge is 2.49. The molecule has 2 aromatic rings. The van der Waals surface area contributed by atoms with Crippen LogP contribution >= 0.6 is 0 Å². The molecule has 2 aliphatic heterocycles. The summed E-state index contributed by atoms with van der Waals surface area (Å²) in [5, 5.41) is 11.5. The molecule has 0 saturated carbocycles.